The molecule has 0 spiro atoms. The Morgan fingerprint density at radius 1 is 0.250 bits per heavy atom. The van der Waals surface area contributed by atoms with Crippen LogP contribution in [0.5, 0.6) is 0 Å². The Morgan fingerprint density at radius 2 is 0.804 bits per heavy atom. The third kappa shape index (κ3) is 4.57. The van der Waals surface area contributed by atoms with E-state index in [0.29, 0.717) is 0 Å². The predicted molar refractivity (Wildman–Crippen MR) is 235 cm³/mol. The van der Waals surface area contributed by atoms with Crippen LogP contribution in [0.25, 0.3) is 121 Å². The van der Waals surface area contributed by atoms with Gasteiger partial charge in [0.1, 0.15) is 22.3 Å². The molecule has 260 valence electrons. The maximum absolute atomic E-state index is 6.64. The summed E-state index contributed by atoms with van der Waals surface area (Å²) in [4.78, 5) is 0. The summed E-state index contributed by atoms with van der Waals surface area (Å²) in [6.07, 6.45) is 0. The van der Waals surface area contributed by atoms with Crippen molar-refractivity contribution in [2.24, 2.45) is 0 Å². The van der Waals surface area contributed by atoms with E-state index in [-0.39, 0.29) is 0 Å². The number of para-hydroxylation sites is 1. The zero-order chi connectivity index (χ0) is 36.7. The molecule has 12 aromatic rings. The van der Waals surface area contributed by atoms with Crippen molar-refractivity contribution in [3.05, 3.63) is 194 Å². The summed E-state index contributed by atoms with van der Waals surface area (Å²) in [5, 5.41) is 11.6. The van der Waals surface area contributed by atoms with Gasteiger partial charge in [0.15, 0.2) is 0 Å². The van der Waals surface area contributed by atoms with Crippen LogP contribution >= 0.6 is 0 Å². The minimum absolute atomic E-state index is 0.832. The standard InChI is InChI=1S/C54H32O2/c1-2-13-33(14-3-1)36-15-12-16-37(31-36)51-43-22-8-6-20-41(43)50(42-21-7-9-23-44(42)51)35-27-25-34(26-28-35)46-32-49-52(40-19-5-4-17-38(40)46)53-48(55-49)30-29-45-39-18-10-11-24-47(39)56-54(45)53/h1-32H. The van der Waals surface area contributed by atoms with Gasteiger partial charge in [-0.2, -0.15) is 0 Å². The Hall–Kier alpha value is -7.42. The summed E-state index contributed by atoms with van der Waals surface area (Å²) in [7, 11) is 0. The second-order valence-electron chi connectivity index (χ2n) is 14.7. The SMILES string of the molecule is c1ccc(-c2cccc(-c3c4ccccc4c(-c4ccc(-c5cc6oc7ccc8c9ccccc9oc8c7c6c6ccccc56)cc4)c4ccccc34)c2)cc1. The zero-order valence-electron chi connectivity index (χ0n) is 30.3. The number of fused-ring (bicyclic) bond motifs is 11. The Bertz CT molecular complexity index is 3450. The average molecular weight is 713 g/mol. The highest BCUT2D eigenvalue weighted by molar-refractivity contribution is 6.29. The van der Waals surface area contributed by atoms with Crippen LogP contribution in [0, 0.1) is 0 Å². The Kier molecular flexibility index (Phi) is 6.66. The van der Waals surface area contributed by atoms with Gasteiger partial charge in [0.2, 0.25) is 0 Å². The van der Waals surface area contributed by atoms with Crippen LogP contribution in [-0.2, 0) is 0 Å². The summed E-state index contributed by atoms with van der Waals surface area (Å²) >= 11 is 0. The Balaban J connectivity index is 1.03. The van der Waals surface area contributed by atoms with Crippen molar-refractivity contribution in [1.82, 2.24) is 0 Å². The van der Waals surface area contributed by atoms with E-state index in [4.69, 9.17) is 8.83 Å². The molecule has 2 heteroatoms. The smallest absolute Gasteiger partial charge is 0.147 e. The molecule has 0 bridgehead atoms. The van der Waals surface area contributed by atoms with Crippen LogP contribution in [0.15, 0.2) is 203 Å². The molecule has 0 amide bonds. The van der Waals surface area contributed by atoms with Crippen molar-refractivity contribution in [3.63, 3.8) is 0 Å². The Morgan fingerprint density at radius 3 is 1.52 bits per heavy atom. The van der Waals surface area contributed by atoms with Gasteiger partial charge in [0, 0.05) is 16.2 Å². The molecule has 0 radical (unpaired) electrons. The molecule has 10 aromatic carbocycles. The molecule has 0 aliphatic carbocycles. The monoisotopic (exact) mass is 712 g/mol. The summed E-state index contributed by atoms with van der Waals surface area (Å²) in [6, 6.07) is 69.8. The van der Waals surface area contributed by atoms with E-state index < -0.39 is 0 Å². The molecule has 12 rings (SSSR count). The molecule has 0 fully saturated rings. The number of hydrogen-bond donors (Lipinski definition) is 0. The van der Waals surface area contributed by atoms with Gasteiger partial charge < -0.3 is 8.83 Å². The summed E-state index contributed by atoms with van der Waals surface area (Å²) < 4.78 is 13.1. The number of benzene rings is 10. The summed E-state index contributed by atoms with van der Waals surface area (Å²) in [6.45, 7) is 0. The lowest BCUT2D eigenvalue weighted by Crippen LogP contribution is -1.91. The topological polar surface area (TPSA) is 26.3 Å². The molecule has 56 heavy (non-hydrogen) atoms. The van der Waals surface area contributed by atoms with E-state index in [1.54, 1.807) is 0 Å². The van der Waals surface area contributed by atoms with Gasteiger partial charge in [0.05, 0.1) is 5.39 Å². The lowest BCUT2D eigenvalue weighted by Gasteiger charge is -2.18. The van der Waals surface area contributed by atoms with E-state index in [1.165, 1.54) is 60.3 Å². The molecule has 2 aromatic heterocycles. The first-order chi connectivity index (χ1) is 27.8. The van der Waals surface area contributed by atoms with Crippen molar-refractivity contribution >= 4 is 76.2 Å². The molecule has 2 heterocycles. The first kappa shape index (κ1) is 31.0. The first-order valence-electron chi connectivity index (χ1n) is 19.2. The lowest BCUT2D eigenvalue weighted by molar-refractivity contribution is 0.663. The molecule has 0 atom stereocenters. The zero-order valence-corrected chi connectivity index (χ0v) is 30.3. The molecule has 0 unspecified atom stereocenters. The van der Waals surface area contributed by atoms with Crippen molar-refractivity contribution in [2.45, 2.75) is 0 Å². The van der Waals surface area contributed by atoms with Gasteiger partial charge in [-0.25, -0.2) is 0 Å². The maximum Gasteiger partial charge on any atom is 0.147 e. The van der Waals surface area contributed by atoms with Crippen molar-refractivity contribution in [2.75, 3.05) is 0 Å². The fraction of sp³-hybridized carbons (Fsp3) is 0. The van der Waals surface area contributed by atoms with E-state index >= 15 is 0 Å². The number of furan rings is 2. The van der Waals surface area contributed by atoms with Crippen LogP contribution in [0.4, 0.5) is 0 Å². The van der Waals surface area contributed by atoms with Crippen LogP contribution < -0.4 is 0 Å². The molecule has 2 nitrogen and oxygen atoms in total. The molecule has 0 aliphatic heterocycles. The third-order valence-corrected chi connectivity index (χ3v) is 11.7. The van der Waals surface area contributed by atoms with Crippen LogP contribution in [0.1, 0.15) is 0 Å². The van der Waals surface area contributed by atoms with Crippen molar-refractivity contribution in [3.8, 4) is 44.5 Å². The largest absolute Gasteiger partial charge is 0.456 e. The lowest BCUT2D eigenvalue weighted by atomic mass is 9.85. The molecule has 0 N–H and O–H groups in total. The second-order valence-corrected chi connectivity index (χ2v) is 14.7. The van der Waals surface area contributed by atoms with E-state index in [1.807, 2.05) is 12.1 Å². The van der Waals surface area contributed by atoms with Gasteiger partial charge in [-0.3, -0.25) is 0 Å². The predicted octanol–water partition coefficient (Wildman–Crippen LogP) is 15.6. The van der Waals surface area contributed by atoms with E-state index in [0.717, 1.165) is 60.4 Å². The fourth-order valence-corrected chi connectivity index (χ4v) is 9.19. The van der Waals surface area contributed by atoms with Crippen LogP contribution in [0.2, 0.25) is 0 Å². The highest BCUT2D eigenvalue weighted by Crippen LogP contribution is 2.47. The van der Waals surface area contributed by atoms with Crippen LogP contribution in [-0.4, -0.2) is 0 Å². The van der Waals surface area contributed by atoms with Gasteiger partial charge in [-0.05, 0) is 107 Å². The minimum Gasteiger partial charge on any atom is -0.456 e. The molecular weight excluding hydrogens is 681 g/mol. The van der Waals surface area contributed by atoms with Crippen molar-refractivity contribution in [1.29, 1.82) is 0 Å². The fourth-order valence-electron chi connectivity index (χ4n) is 9.19. The first-order valence-corrected chi connectivity index (χ1v) is 19.2. The quantitative estimate of drug-likeness (QED) is 0.170. The molecular formula is C54H32O2. The average Bonchev–Trinajstić information content (AvgIpc) is 3.84. The molecule has 0 saturated heterocycles. The summed E-state index contributed by atoms with van der Waals surface area (Å²) in [5.41, 5.74) is 13.1. The van der Waals surface area contributed by atoms with Gasteiger partial charge in [0.25, 0.3) is 0 Å². The molecule has 0 aliphatic rings. The van der Waals surface area contributed by atoms with E-state index in [9.17, 15) is 0 Å². The highest BCUT2D eigenvalue weighted by atomic mass is 16.3. The number of rotatable bonds is 4. The summed E-state index contributed by atoms with van der Waals surface area (Å²) in [5.74, 6) is 0. The molecule has 0 saturated carbocycles. The Labute approximate surface area is 322 Å². The normalized spacial score (nSPS) is 11.9. The van der Waals surface area contributed by atoms with Crippen molar-refractivity contribution < 1.29 is 8.83 Å². The van der Waals surface area contributed by atoms with Gasteiger partial charge >= 0.3 is 0 Å². The highest BCUT2D eigenvalue weighted by Gasteiger charge is 2.21. The van der Waals surface area contributed by atoms with Crippen LogP contribution in [0.3, 0.4) is 0 Å². The van der Waals surface area contributed by atoms with Gasteiger partial charge in [-0.15, -0.1) is 0 Å². The number of hydrogen-bond acceptors (Lipinski definition) is 2. The minimum atomic E-state index is 0.832. The third-order valence-electron chi connectivity index (χ3n) is 11.7. The maximum atomic E-state index is 6.64. The van der Waals surface area contributed by atoms with E-state index in [2.05, 4.69) is 182 Å². The van der Waals surface area contributed by atoms with Gasteiger partial charge in [-0.1, -0.05) is 164 Å². The second kappa shape index (κ2) is 12.0.